The first-order chi connectivity index (χ1) is 12.0. The number of fused-ring (bicyclic) bond motifs is 3. The molecule has 1 heterocycles. The molecule has 136 valence electrons. The van der Waals surface area contributed by atoms with Gasteiger partial charge in [-0.15, -0.1) is 0 Å². The van der Waals surface area contributed by atoms with Crippen LogP contribution in [0.5, 0.6) is 11.5 Å². The maximum absolute atomic E-state index is 10.8. The monoisotopic (exact) mass is 343 g/mol. The number of hydrogen-bond acceptors (Lipinski definition) is 4. The molecule has 0 spiro atoms. The van der Waals surface area contributed by atoms with Crippen LogP contribution in [0.4, 0.5) is 0 Å². The molecular weight excluding hydrogens is 314 g/mol. The third-order valence-corrected chi connectivity index (χ3v) is 5.54. The van der Waals surface area contributed by atoms with Crippen LogP contribution in [-0.2, 0) is 4.84 Å². The topological polar surface area (TPSA) is 50.7 Å². The van der Waals surface area contributed by atoms with Gasteiger partial charge in [0.15, 0.2) is 0 Å². The van der Waals surface area contributed by atoms with Gasteiger partial charge in [-0.2, -0.15) is 0 Å². The molecule has 0 saturated carbocycles. The number of aromatic hydroxyl groups is 1. The lowest BCUT2D eigenvalue weighted by atomic mass is 9.76. The molecule has 3 unspecified atom stereocenters. The Kier molecular flexibility index (Phi) is 5.38. The molecule has 0 fully saturated rings. The average Bonchev–Trinajstić information content (AvgIpc) is 2.60. The molecule has 3 rings (SSSR count). The molecule has 1 aromatic carbocycles. The van der Waals surface area contributed by atoms with E-state index in [9.17, 15) is 5.11 Å². The SMILES string of the molecule is CCC=C(C)C(C)c1cc(O)c2c(c1)OCC1CCC(NOC)=CC21. The summed E-state index contributed by atoms with van der Waals surface area (Å²) in [6.45, 7) is 7.17. The zero-order chi connectivity index (χ0) is 18.0. The van der Waals surface area contributed by atoms with Gasteiger partial charge in [0, 0.05) is 29.0 Å². The van der Waals surface area contributed by atoms with Gasteiger partial charge in [-0.05, 0) is 43.9 Å². The lowest BCUT2D eigenvalue weighted by Crippen LogP contribution is -2.30. The Balaban J connectivity index is 1.97. The van der Waals surface area contributed by atoms with Crippen LogP contribution < -0.4 is 10.2 Å². The van der Waals surface area contributed by atoms with Gasteiger partial charge in [-0.1, -0.05) is 31.6 Å². The smallest absolute Gasteiger partial charge is 0.127 e. The van der Waals surface area contributed by atoms with E-state index in [4.69, 9.17) is 9.57 Å². The second-order valence-corrected chi connectivity index (χ2v) is 7.16. The normalized spacial score (nSPS) is 23.8. The molecule has 25 heavy (non-hydrogen) atoms. The maximum atomic E-state index is 10.8. The number of benzene rings is 1. The summed E-state index contributed by atoms with van der Waals surface area (Å²) >= 11 is 0. The number of hydroxylamine groups is 1. The molecule has 0 amide bonds. The summed E-state index contributed by atoms with van der Waals surface area (Å²) in [6, 6.07) is 4.02. The Morgan fingerprint density at radius 3 is 3.00 bits per heavy atom. The highest BCUT2D eigenvalue weighted by Crippen LogP contribution is 2.48. The Bertz CT molecular complexity index is 693. The molecular formula is C21H29NO3. The van der Waals surface area contributed by atoms with E-state index in [1.165, 1.54) is 5.57 Å². The highest BCUT2D eigenvalue weighted by molar-refractivity contribution is 5.54. The third kappa shape index (κ3) is 3.54. The van der Waals surface area contributed by atoms with Gasteiger partial charge < -0.3 is 9.84 Å². The minimum Gasteiger partial charge on any atom is -0.507 e. The van der Waals surface area contributed by atoms with Crippen molar-refractivity contribution in [1.29, 1.82) is 0 Å². The highest BCUT2D eigenvalue weighted by Gasteiger charge is 2.35. The first-order valence-electron chi connectivity index (χ1n) is 9.21. The summed E-state index contributed by atoms with van der Waals surface area (Å²) in [5.74, 6) is 2.01. The van der Waals surface area contributed by atoms with E-state index in [-0.39, 0.29) is 11.8 Å². The van der Waals surface area contributed by atoms with Gasteiger partial charge >= 0.3 is 0 Å². The largest absolute Gasteiger partial charge is 0.507 e. The van der Waals surface area contributed by atoms with Crippen molar-refractivity contribution in [1.82, 2.24) is 5.48 Å². The Morgan fingerprint density at radius 2 is 2.28 bits per heavy atom. The van der Waals surface area contributed by atoms with Crippen molar-refractivity contribution in [2.75, 3.05) is 13.7 Å². The molecule has 0 bridgehead atoms. The van der Waals surface area contributed by atoms with Crippen molar-refractivity contribution in [3.8, 4) is 11.5 Å². The number of phenolic OH excluding ortho intramolecular Hbond substituents is 1. The number of phenols is 1. The Labute approximate surface area is 150 Å². The molecule has 4 heteroatoms. The Hall–Kier alpha value is -1.94. The van der Waals surface area contributed by atoms with Gasteiger partial charge in [-0.3, -0.25) is 10.3 Å². The second-order valence-electron chi connectivity index (χ2n) is 7.16. The summed E-state index contributed by atoms with van der Waals surface area (Å²) in [7, 11) is 1.63. The predicted octanol–water partition coefficient (Wildman–Crippen LogP) is 4.77. The summed E-state index contributed by atoms with van der Waals surface area (Å²) in [4.78, 5) is 5.06. The zero-order valence-corrected chi connectivity index (χ0v) is 15.6. The number of rotatable bonds is 5. The van der Waals surface area contributed by atoms with Crippen LogP contribution in [0.1, 0.15) is 63.0 Å². The van der Waals surface area contributed by atoms with Gasteiger partial charge in [0.25, 0.3) is 0 Å². The minimum atomic E-state index is 0.173. The van der Waals surface area contributed by atoms with Crippen LogP contribution in [0.25, 0.3) is 0 Å². The van der Waals surface area contributed by atoms with E-state index in [1.54, 1.807) is 7.11 Å². The molecule has 0 saturated heterocycles. The fraction of sp³-hybridized carbons (Fsp3) is 0.524. The van der Waals surface area contributed by atoms with Crippen molar-refractivity contribution in [3.05, 3.63) is 46.7 Å². The molecule has 0 aromatic heterocycles. The highest BCUT2D eigenvalue weighted by atomic mass is 16.6. The fourth-order valence-corrected chi connectivity index (χ4v) is 3.97. The average molecular weight is 343 g/mol. The van der Waals surface area contributed by atoms with Crippen LogP contribution in [0.2, 0.25) is 0 Å². The first kappa shape index (κ1) is 17.9. The lowest BCUT2D eigenvalue weighted by molar-refractivity contribution is 0.107. The van der Waals surface area contributed by atoms with Crippen molar-refractivity contribution < 1.29 is 14.7 Å². The van der Waals surface area contributed by atoms with E-state index >= 15 is 0 Å². The summed E-state index contributed by atoms with van der Waals surface area (Å²) in [5.41, 5.74) is 7.38. The zero-order valence-electron chi connectivity index (χ0n) is 15.6. The quantitative estimate of drug-likeness (QED) is 0.597. The van der Waals surface area contributed by atoms with Crippen LogP contribution in [0.3, 0.4) is 0 Å². The van der Waals surface area contributed by atoms with Crippen molar-refractivity contribution in [3.63, 3.8) is 0 Å². The first-order valence-corrected chi connectivity index (χ1v) is 9.21. The number of nitrogens with one attached hydrogen (secondary N) is 1. The van der Waals surface area contributed by atoms with Crippen LogP contribution in [-0.4, -0.2) is 18.8 Å². The molecule has 3 atom stereocenters. The number of allylic oxidation sites excluding steroid dienone is 4. The van der Waals surface area contributed by atoms with Gasteiger partial charge in [0.05, 0.1) is 13.7 Å². The summed E-state index contributed by atoms with van der Waals surface area (Å²) < 4.78 is 6.04. The third-order valence-electron chi connectivity index (χ3n) is 5.54. The van der Waals surface area contributed by atoms with Crippen molar-refractivity contribution in [2.24, 2.45) is 5.92 Å². The number of ether oxygens (including phenoxy) is 1. The van der Waals surface area contributed by atoms with Crippen LogP contribution >= 0.6 is 0 Å². The molecule has 4 nitrogen and oxygen atoms in total. The van der Waals surface area contributed by atoms with E-state index in [0.29, 0.717) is 18.3 Å². The fourth-order valence-electron chi connectivity index (χ4n) is 3.97. The van der Waals surface area contributed by atoms with Gasteiger partial charge in [0.1, 0.15) is 11.5 Å². The minimum absolute atomic E-state index is 0.173. The van der Waals surface area contributed by atoms with Crippen LogP contribution in [0.15, 0.2) is 35.6 Å². The summed E-state index contributed by atoms with van der Waals surface area (Å²) in [6.07, 6.45) is 7.43. The van der Waals surface area contributed by atoms with E-state index in [2.05, 4.69) is 44.5 Å². The molecule has 0 radical (unpaired) electrons. The van der Waals surface area contributed by atoms with Crippen LogP contribution in [0, 0.1) is 5.92 Å². The molecule has 2 aliphatic rings. The molecule has 1 aliphatic heterocycles. The summed E-state index contributed by atoms with van der Waals surface area (Å²) in [5, 5.41) is 10.8. The number of hydrogen-bond donors (Lipinski definition) is 2. The van der Waals surface area contributed by atoms with E-state index < -0.39 is 0 Å². The Morgan fingerprint density at radius 1 is 1.48 bits per heavy atom. The standard InChI is InChI=1S/C21H29NO3/c1-5-6-13(2)14(3)16-9-19(23)21-18-11-17(22-24-4)8-7-15(18)12-25-20(21)10-16/h6,9-11,14-15,18,22-23H,5,7-8,12H2,1-4H3. The second kappa shape index (κ2) is 7.52. The predicted molar refractivity (Wildman–Crippen MR) is 99.8 cm³/mol. The van der Waals surface area contributed by atoms with Gasteiger partial charge in [-0.25, -0.2) is 0 Å². The van der Waals surface area contributed by atoms with E-state index in [0.717, 1.165) is 41.8 Å². The van der Waals surface area contributed by atoms with E-state index in [1.807, 2.05) is 6.07 Å². The maximum Gasteiger partial charge on any atom is 0.127 e. The molecule has 2 N–H and O–H groups in total. The van der Waals surface area contributed by atoms with Gasteiger partial charge in [0.2, 0.25) is 0 Å². The lowest BCUT2D eigenvalue weighted by Gasteiger charge is -2.36. The van der Waals surface area contributed by atoms with Crippen molar-refractivity contribution >= 4 is 0 Å². The molecule has 1 aliphatic carbocycles. The van der Waals surface area contributed by atoms with Crippen molar-refractivity contribution in [2.45, 2.75) is 51.9 Å². The molecule has 1 aromatic rings.